The monoisotopic (exact) mass is 293 g/mol. The van der Waals surface area contributed by atoms with Gasteiger partial charge in [0.1, 0.15) is 0 Å². The van der Waals surface area contributed by atoms with Crippen molar-refractivity contribution < 1.29 is 0 Å². The van der Waals surface area contributed by atoms with Gasteiger partial charge in [0.25, 0.3) is 0 Å². The number of benzene rings is 2. The first-order chi connectivity index (χ1) is 10.7. The molecule has 3 N–H and O–H groups in total. The van der Waals surface area contributed by atoms with E-state index >= 15 is 0 Å². The van der Waals surface area contributed by atoms with Crippen LogP contribution in [-0.2, 0) is 13.0 Å². The Kier molecular flexibility index (Phi) is 4.56. The quantitative estimate of drug-likeness (QED) is 0.733. The van der Waals surface area contributed by atoms with Gasteiger partial charge < -0.3 is 15.6 Å². The Bertz CT molecular complexity index is 718. The highest BCUT2D eigenvalue weighted by Gasteiger charge is 2.11. The Morgan fingerprint density at radius 1 is 1.05 bits per heavy atom. The molecule has 1 atom stereocenters. The summed E-state index contributed by atoms with van der Waals surface area (Å²) in [5.74, 6) is 0. The molecular weight excluding hydrogens is 270 g/mol. The normalized spacial score (nSPS) is 12.9. The van der Waals surface area contributed by atoms with E-state index in [9.17, 15) is 0 Å². The molecule has 0 bridgehead atoms. The molecule has 0 aliphatic rings. The lowest BCUT2D eigenvalue weighted by Gasteiger charge is -2.21. The van der Waals surface area contributed by atoms with Gasteiger partial charge in [-0.15, -0.1) is 0 Å². The van der Waals surface area contributed by atoms with Gasteiger partial charge >= 0.3 is 0 Å². The number of H-pyrrole nitrogens is 1. The van der Waals surface area contributed by atoms with Gasteiger partial charge in [0, 0.05) is 36.2 Å². The molecule has 114 valence electrons. The third-order valence-corrected chi connectivity index (χ3v) is 4.00. The summed E-state index contributed by atoms with van der Waals surface area (Å²) in [6, 6.07) is 19.0. The summed E-state index contributed by atoms with van der Waals surface area (Å²) in [6.07, 6.45) is 2.98. The van der Waals surface area contributed by atoms with Crippen molar-refractivity contribution in [2.24, 2.45) is 5.73 Å². The first kappa shape index (κ1) is 14.8. The van der Waals surface area contributed by atoms with Crippen LogP contribution in [0.2, 0.25) is 0 Å². The highest BCUT2D eigenvalue weighted by atomic mass is 15.1. The first-order valence-electron chi connectivity index (χ1n) is 7.75. The Balaban J connectivity index is 1.59. The topological polar surface area (TPSA) is 45.0 Å². The van der Waals surface area contributed by atoms with Crippen molar-refractivity contribution in [3.63, 3.8) is 0 Å². The van der Waals surface area contributed by atoms with E-state index in [4.69, 9.17) is 5.73 Å². The van der Waals surface area contributed by atoms with Crippen molar-refractivity contribution in [1.29, 1.82) is 0 Å². The smallest absolute Gasteiger partial charge is 0.0456 e. The number of likely N-dealkylation sites (N-methyl/N-ethyl adjacent to an activating group) is 1. The maximum atomic E-state index is 6.35. The van der Waals surface area contributed by atoms with E-state index in [0.717, 1.165) is 19.5 Å². The van der Waals surface area contributed by atoms with Gasteiger partial charge in [-0.3, -0.25) is 0 Å². The summed E-state index contributed by atoms with van der Waals surface area (Å²) < 4.78 is 0. The zero-order chi connectivity index (χ0) is 15.4. The number of aromatic nitrogens is 1. The van der Waals surface area contributed by atoms with Gasteiger partial charge in [-0.1, -0.05) is 48.5 Å². The number of aromatic amines is 1. The molecule has 3 aromatic rings. The van der Waals surface area contributed by atoms with E-state index in [1.807, 2.05) is 6.07 Å². The molecule has 3 nitrogen and oxygen atoms in total. The average molecular weight is 293 g/mol. The molecule has 0 saturated carbocycles. The van der Waals surface area contributed by atoms with Gasteiger partial charge in [-0.2, -0.15) is 0 Å². The van der Waals surface area contributed by atoms with Crippen LogP contribution in [0.5, 0.6) is 0 Å². The number of nitrogens with two attached hydrogens (primary N) is 1. The minimum Gasteiger partial charge on any atom is -0.361 e. The zero-order valence-corrected chi connectivity index (χ0v) is 13.0. The van der Waals surface area contributed by atoms with E-state index in [1.54, 1.807) is 0 Å². The summed E-state index contributed by atoms with van der Waals surface area (Å²) in [6.45, 7) is 1.82. The fourth-order valence-electron chi connectivity index (χ4n) is 3.01. The lowest BCUT2D eigenvalue weighted by Crippen LogP contribution is -2.36. The number of hydrogen-bond donors (Lipinski definition) is 2. The number of nitrogens with one attached hydrogen (secondary N) is 1. The van der Waals surface area contributed by atoms with Gasteiger partial charge in [-0.05, 0) is 30.7 Å². The summed E-state index contributed by atoms with van der Waals surface area (Å²) in [7, 11) is 2.13. The predicted octanol–water partition coefficient (Wildman–Crippen LogP) is 3.17. The summed E-state index contributed by atoms with van der Waals surface area (Å²) >= 11 is 0. The second kappa shape index (κ2) is 6.77. The molecule has 1 unspecified atom stereocenters. The first-order valence-corrected chi connectivity index (χ1v) is 7.75. The molecule has 3 heteroatoms. The second-order valence-electron chi connectivity index (χ2n) is 6.01. The summed E-state index contributed by atoms with van der Waals surface area (Å²) in [5, 5.41) is 1.28. The fraction of sp³-hybridized carbons (Fsp3) is 0.263. The van der Waals surface area contributed by atoms with Gasteiger partial charge in [0.2, 0.25) is 0 Å². The molecular formula is C19H23N3. The fourth-order valence-corrected chi connectivity index (χ4v) is 3.01. The average Bonchev–Trinajstić information content (AvgIpc) is 2.91. The maximum Gasteiger partial charge on any atom is 0.0456 e. The highest BCUT2D eigenvalue weighted by molar-refractivity contribution is 5.83. The van der Waals surface area contributed by atoms with Crippen LogP contribution in [0.1, 0.15) is 11.1 Å². The van der Waals surface area contributed by atoms with Crippen LogP contribution in [0.4, 0.5) is 0 Å². The largest absolute Gasteiger partial charge is 0.361 e. The molecule has 0 aliphatic carbocycles. The van der Waals surface area contributed by atoms with Gasteiger partial charge in [0.15, 0.2) is 0 Å². The molecule has 1 heterocycles. The van der Waals surface area contributed by atoms with E-state index < -0.39 is 0 Å². The molecule has 2 aromatic carbocycles. The molecule has 0 saturated heterocycles. The minimum absolute atomic E-state index is 0.132. The third kappa shape index (κ3) is 3.56. The molecule has 0 fully saturated rings. The van der Waals surface area contributed by atoms with Crippen molar-refractivity contribution in [2.45, 2.75) is 19.0 Å². The molecule has 0 aliphatic heterocycles. The van der Waals surface area contributed by atoms with Crippen LogP contribution < -0.4 is 5.73 Å². The lowest BCUT2D eigenvalue weighted by molar-refractivity contribution is 0.302. The Morgan fingerprint density at radius 2 is 1.77 bits per heavy atom. The predicted molar refractivity (Wildman–Crippen MR) is 92.8 cm³/mol. The molecule has 0 radical (unpaired) electrons. The molecule has 22 heavy (non-hydrogen) atoms. The highest BCUT2D eigenvalue weighted by Crippen LogP contribution is 2.19. The van der Waals surface area contributed by atoms with E-state index in [1.165, 1.54) is 22.0 Å². The number of rotatable bonds is 6. The van der Waals surface area contributed by atoms with Crippen LogP contribution >= 0.6 is 0 Å². The Hall–Kier alpha value is -2.10. The van der Waals surface area contributed by atoms with Crippen LogP contribution in [0.15, 0.2) is 60.8 Å². The van der Waals surface area contributed by atoms with Crippen molar-refractivity contribution in [1.82, 2.24) is 9.88 Å². The zero-order valence-electron chi connectivity index (χ0n) is 13.0. The van der Waals surface area contributed by atoms with Crippen LogP contribution in [0.25, 0.3) is 10.9 Å². The van der Waals surface area contributed by atoms with E-state index in [2.05, 4.69) is 71.7 Å². The van der Waals surface area contributed by atoms with Crippen LogP contribution in [0.3, 0.4) is 0 Å². The standard InChI is InChI=1S/C19H23N3/c1-22(13-15-7-3-2-4-8-15)14-17(20)11-16-12-21-19-10-6-5-9-18(16)19/h2-10,12,17,21H,11,13-14,20H2,1H3. The summed E-state index contributed by atoms with van der Waals surface area (Å²) in [4.78, 5) is 5.60. The second-order valence-corrected chi connectivity index (χ2v) is 6.01. The Labute approximate surface area is 131 Å². The van der Waals surface area contributed by atoms with Crippen molar-refractivity contribution in [3.8, 4) is 0 Å². The van der Waals surface area contributed by atoms with Crippen molar-refractivity contribution >= 4 is 10.9 Å². The lowest BCUT2D eigenvalue weighted by atomic mass is 10.1. The maximum absolute atomic E-state index is 6.35. The Morgan fingerprint density at radius 3 is 2.59 bits per heavy atom. The number of nitrogens with zero attached hydrogens (tertiary/aromatic N) is 1. The van der Waals surface area contributed by atoms with Gasteiger partial charge in [-0.25, -0.2) is 0 Å². The number of fused-ring (bicyclic) bond motifs is 1. The molecule has 0 spiro atoms. The van der Waals surface area contributed by atoms with Crippen molar-refractivity contribution in [2.75, 3.05) is 13.6 Å². The summed E-state index contributed by atoms with van der Waals surface area (Å²) in [5.41, 5.74) is 10.2. The molecule has 3 rings (SSSR count). The molecule has 1 aromatic heterocycles. The van der Waals surface area contributed by atoms with Crippen molar-refractivity contribution in [3.05, 3.63) is 71.9 Å². The van der Waals surface area contributed by atoms with Crippen LogP contribution in [-0.4, -0.2) is 29.5 Å². The minimum atomic E-state index is 0.132. The van der Waals surface area contributed by atoms with Crippen LogP contribution in [0, 0.1) is 0 Å². The third-order valence-electron chi connectivity index (χ3n) is 4.00. The SMILES string of the molecule is CN(Cc1ccccc1)CC(N)Cc1c[nH]c2ccccc12. The van der Waals surface area contributed by atoms with E-state index in [-0.39, 0.29) is 6.04 Å². The molecule has 0 amide bonds. The van der Waals surface area contributed by atoms with Gasteiger partial charge in [0.05, 0.1) is 0 Å². The van der Waals surface area contributed by atoms with E-state index in [0.29, 0.717) is 0 Å². The number of para-hydroxylation sites is 1. The number of hydrogen-bond acceptors (Lipinski definition) is 2.